The smallest absolute Gasteiger partial charge is 0.188 e. The van der Waals surface area contributed by atoms with Gasteiger partial charge >= 0.3 is 0 Å². The molecule has 0 amide bonds. The lowest BCUT2D eigenvalue weighted by atomic mass is 9.95. The van der Waals surface area contributed by atoms with Crippen LogP contribution in [0.25, 0.3) is 0 Å². The second-order valence-electron chi connectivity index (χ2n) is 4.35. The van der Waals surface area contributed by atoms with Gasteiger partial charge in [0.15, 0.2) is 5.96 Å². The van der Waals surface area contributed by atoms with E-state index in [1.54, 1.807) is 0 Å². The maximum absolute atomic E-state index is 10.1. The minimum atomic E-state index is -0.756. The minimum Gasteiger partial charge on any atom is -0.388 e. The number of aliphatic imine (C=N–C) groups is 1. The molecule has 0 atom stereocenters. The van der Waals surface area contributed by atoms with E-state index in [1.807, 2.05) is 6.92 Å². The molecule has 6 heteroatoms. The second kappa shape index (κ2) is 7.88. The zero-order valence-electron chi connectivity index (χ0n) is 10.2. The van der Waals surface area contributed by atoms with Crippen LogP contribution >= 0.6 is 24.0 Å². The third kappa shape index (κ3) is 6.85. The average Bonchev–Trinajstić information content (AvgIpc) is 2.25. The highest BCUT2D eigenvalue weighted by Crippen LogP contribution is 2.20. The summed E-state index contributed by atoms with van der Waals surface area (Å²) in [7, 11) is 0. The van der Waals surface area contributed by atoms with Crippen molar-refractivity contribution < 1.29 is 9.84 Å². The normalized spacial score (nSPS) is 19.3. The lowest BCUT2D eigenvalue weighted by molar-refractivity contribution is -0.0565. The fourth-order valence-electron chi connectivity index (χ4n) is 1.44. The molecule has 1 heterocycles. The standard InChI is InChI=1S/C11H21N3O2.HI/c1-9(2)7-13-10(12)14-8-11(15)3-5-16-6-4-11;/h15H,1,3-8H2,2H3,(H3,12,13,14);1H. The van der Waals surface area contributed by atoms with Crippen molar-refractivity contribution in [2.45, 2.75) is 25.4 Å². The molecule has 1 rings (SSSR count). The number of halogens is 1. The van der Waals surface area contributed by atoms with E-state index in [0.29, 0.717) is 45.1 Å². The highest BCUT2D eigenvalue weighted by molar-refractivity contribution is 14.0. The Labute approximate surface area is 120 Å². The lowest BCUT2D eigenvalue weighted by Gasteiger charge is -2.30. The number of guanidine groups is 1. The number of rotatable bonds is 4. The molecule has 0 bridgehead atoms. The fourth-order valence-corrected chi connectivity index (χ4v) is 1.44. The first kappa shape index (κ1) is 16.7. The van der Waals surface area contributed by atoms with Gasteiger partial charge in [0.1, 0.15) is 0 Å². The Bertz CT molecular complexity index is 276. The molecule has 0 aromatic heterocycles. The Morgan fingerprint density at radius 3 is 2.65 bits per heavy atom. The molecule has 0 unspecified atom stereocenters. The predicted molar refractivity (Wildman–Crippen MR) is 79.7 cm³/mol. The summed E-state index contributed by atoms with van der Waals surface area (Å²) in [6.45, 7) is 7.77. The van der Waals surface area contributed by atoms with Gasteiger partial charge in [0.25, 0.3) is 0 Å². The van der Waals surface area contributed by atoms with Crippen molar-refractivity contribution >= 4 is 29.9 Å². The zero-order chi connectivity index (χ0) is 12.0. The number of nitrogens with zero attached hydrogens (tertiary/aromatic N) is 1. The van der Waals surface area contributed by atoms with Gasteiger partial charge < -0.3 is 20.9 Å². The molecule has 1 aliphatic heterocycles. The van der Waals surface area contributed by atoms with E-state index in [0.717, 1.165) is 5.57 Å². The van der Waals surface area contributed by atoms with E-state index in [-0.39, 0.29) is 24.0 Å². The highest BCUT2D eigenvalue weighted by atomic mass is 127. The van der Waals surface area contributed by atoms with Gasteiger partial charge in [-0.25, -0.2) is 0 Å². The van der Waals surface area contributed by atoms with Gasteiger partial charge in [-0.2, -0.15) is 0 Å². The molecule has 0 aromatic carbocycles. The number of ether oxygens (including phenoxy) is 1. The Morgan fingerprint density at radius 1 is 1.53 bits per heavy atom. The van der Waals surface area contributed by atoms with Crippen molar-refractivity contribution in [3.63, 3.8) is 0 Å². The lowest BCUT2D eigenvalue weighted by Crippen LogP contribution is -2.41. The summed E-state index contributed by atoms with van der Waals surface area (Å²) < 4.78 is 5.18. The second-order valence-corrected chi connectivity index (χ2v) is 4.35. The van der Waals surface area contributed by atoms with Gasteiger partial charge in [0.05, 0.1) is 12.1 Å². The molecule has 1 aliphatic rings. The van der Waals surface area contributed by atoms with Crippen LogP contribution in [0, 0.1) is 0 Å². The van der Waals surface area contributed by atoms with Crippen LogP contribution < -0.4 is 11.1 Å². The van der Waals surface area contributed by atoms with Crippen LogP contribution in [0.5, 0.6) is 0 Å². The molecule has 0 saturated carbocycles. The number of aliphatic hydroxyl groups is 1. The third-order valence-electron chi connectivity index (χ3n) is 2.54. The molecule has 1 saturated heterocycles. The Kier molecular flexibility index (Phi) is 7.73. The molecule has 17 heavy (non-hydrogen) atoms. The first-order valence-corrected chi connectivity index (χ1v) is 5.50. The molecular weight excluding hydrogens is 333 g/mol. The molecule has 4 N–H and O–H groups in total. The van der Waals surface area contributed by atoms with Crippen molar-refractivity contribution in [3.8, 4) is 0 Å². The van der Waals surface area contributed by atoms with E-state index in [2.05, 4.69) is 16.9 Å². The first-order valence-electron chi connectivity index (χ1n) is 5.50. The van der Waals surface area contributed by atoms with Gasteiger partial charge in [0, 0.05) is 32.6 Å². The Morgan fingerprint density at radius 2 is 2.12 bits per heavy atom. The molecule has 0 aliphatic carbocycles. The first-order chi connectivity index (χ1) is 7.52. The van der Waals surface area contributed by atoms with Crippen LogP contribution in [0.3, 0.4) is 0 Å². The number of hydrogen-bond donors (Lipinski definition) is 3. The summed E-state index contributed by atoms with van der Waals surface area (Å²) in [4.78, 5) is 4.13. The van der Waals surface area contributed by atoms with E-state index in [4.69, 9.17) is 10.5 Å². The Balaban J connectivity index is 0.00000256. The number of nitrogens with two attached hydrogens (primary N) is 1. The molecule has 0 radical (unpaired) electrons. The zero-order valence-corrected chi connectivity index (χ0v) is 12.6. The summed E-state index contributed by atoms with van der Waals surface area (Å²) in [5, 5.41) is 13.0. The quantitative estimate of drug-likeness (QED) is 0.299. The molecule has 0 spiro atoms. The maximum Gasteiger partial charge on any atom is 0.188 e. The average molecular weight is 355 g/mol. The molecule has 100 valence electrons. The predicted octanol–water partition coefficient (Wildman–Crippen LogP) is 0.626. The van der Waals surface area contributed by atoms with Crippen LogP contribution in [0.4, 0.5) is 0 Å². The topological polar surface area (TPSA) is 79.9 Å². The number of hydrogen-bond acceptors (Lipinski definition) is 3. The summed E-state index contributed by atoms with van der Waals surface area (Å²) in [6.07, 6.45) is 1.23. The third-order valence-corrected chi connectivity index (χ3v) is 2.54. The highest BCUT2D eigenvalue weighted by Gasteiger charge is 2.29. The van der Waals surface area contributed by atoms with Crippen LogP contribution in [0.2, 0.25) is 0 Å². The molecule has 0 aromatic rings. The van der Waals surface area contributed by atoms with Crippen molar-refractivity contribution in [3.05, 3.63) is 12.2 Å². The van der Waals surface area contributed by atoms with Crippen LogP contribution in [0.1, 0.15) is 19.8 Å². The SMILES string of the molecule is C=C(C)CNC(N)=NCC1(O)CCOCC1.I. The maximum atomic E-state index is 10.1. The Hall–Kier alpha value is -0.340. The van der Waals surface area contributed by atoms with E-state index in [9.17, 15) is 5.11 Å². The van der Waals surface area contributed by atoms with Crippen LogP contribution in [-0.4, -0.2) is 43.0 Å². The monoisotopic (exact) mass is 355 g/mol. The van der Waals surface area contributed by atoms with Crippen molar-refractivity contribution in [1.82, 2.24) is 5.32 Å². The van der Waals surface area contributed by atoms with Gasteiger partial charge in [-0.05, 0) is 6.92 Å². The van der Waals surface area contributed by atoms with Crippen LogP contribution in [0.15, 0.2) is 17.1 Å². The van der Waals surface area contributed by atoms with Crippen LogP contribution in [-0.2, 0) is 4.74 Å². The van der Waals surface area contributed by atoms with E-state index >= 15 is 0 Å². The van der Waals surface area contributed by atoms with Crippen molar-refractivity contribution in [2.75, 3.05) is 26.3 Å². The van der Waals surface area contributed by atoms with Crippen molar-refractivity contribution in [1.29, 1.82) is 0 Å². The van der Waals surface area contributed by atoms with E-state index < -0.39 is 5.60 Å². The summed E-state index contributed by atoms with van der Waals surface area (Å²) in [5.41, 5.74) is 5.89. The van der Waals surface area contributed by atoms with E-state index in [1.165, 1.54) is 0 Å². The van der Waals surface area contributed by atoms with Gasteiger partial charge in [-0.3, -0.25) is 4.99 Å². The largest absolute Gasteiger partial charge is 0.388 e. The minimum absolute atomic E-state index is 0. The van der Waals surface area contributed by atoms with Gasteiger partial charge in [-0.15, -0.1) is 24.0 Å². The van der Waals surface area contributed by atoms with Crippen molar-refractivity contribution in [2.24, 2.45) is 10.7 Å². The summed E-state index contributed by atoms with van der Waals surface area (Å²) in [5.74, 6) is 0.350. The molecular formula is C11H22IN3O2. The van der Waals surface area contributed by atoms with Gasteiger partial charge in [0.2, 0.25) is 0 Å². The summed E-state index contributed by atoms with van der Waals surface area (Å²) in [6, 6.07) is 0. The van der Waals surface area contributed by atoms with Gasteiger partial charge in [-0.1, -0.05) is 12.2 Å². The fraction of sp³-hybridized carbons (Fsp3) is 0.727. The number of nitrogens with one attached hydrogen (secondary N) is 1. The molecule has 5 nitrogen and oxygen atoms in total. The molecule has 1 fully saturated rings. The summed E-state index contributed by atoms with van der Waals surface area (Å²) >= 11 is 0.